The van der Waals surface area contributed by atoms with Gasteiger partial charge in [-0.3, -0.25) is 0 Å². The number of hydrogen-bond acceptors (Lipinski definition) is 5. The second-order valence-corrected chi connectivity index (χ2v) is 6.85. The highest BCUT2D eigenvalue weighted by Gasteiger charge is 2.27. The van der Waals surface area contributed by atoms with Crippen molar-refractivity contribution in [1.29, 1.82) is 0 Å². The first kappa shape index (κ1) is 16.2. The molecule has 0 bridgehead atoms. The van der Waals surface area contributed by atoms with Crippen LogP contribution in [0.25, 0.3) is 0 Å². The largest absolute Gasteiger partial charge is 0.345 e. The first-order valence-electron chi connectivity index (χ1n) is 6.76. The minimum Gasteiger partial charge on any atom is -0.329 e. The van der Waals surface area contributed by atoms with E-state index in [0.29, 0.717) is 17.5 Å². The standard InChI is InChI=1S/C14H18N4O3S/c1-5-11-8-6-7-10(2)12(11)22(20,21)13-15-9-18(16-13)14(19)17(3)4/h6-9H,5H2,1-4H3. The van der Waals surface area contributed by atoms with E-state index in [1.54, 1.807) is 33.2 Å². The van der Waals surface area contributed by atoms with Crippen molar-refractivity contribution in [3.8, 4) is 0 Å². The van der Waals surface area contributed by atoms with Crippen molar-refractivity contribution in [3.05, 3.63) is 35.7 Å². The maximum absolute atomic E-state index is 12.8. The molecule has 1 aromatic carbocycles. The molecule has 1 aromatic heterocycles. The second kappa shape index (κ2) is 5.88. The molecule has 0 unspecified atom stereocenters. The summed E-state index contributed by atoms with van der Waals surface area (Å²) in [5.74, 6) is 0. The molecule has 2 rings (SSSR count). The molecule has 1 amide bonds. The van der Waals surface area contributed by atoms with Crippen LogP contribution in [0.5, 0.6) is 0 Å². The van der Waals surface area contributed by atoms with Crippen molar-refractivity contribution < 1.29 is 13.2 Å². The number of hydrogen-bond donors (Lipinski definition) is 0. The number of amides is 1. The van der Waals surface area contributed by atoms with Gasteiger partial charge in [-0.05, 0) is 24.5 Å². The summed E-state index contributed by atoms with van der Waals surface area (Å²) in [6, 6.07) is 4.85. The van der Waals surface area contributed by atoms with Crippen molar-refractivity contribution in [1.82, 2.24) is 19.7 Å². The molecular weight excluding hydrogens is 304 g/mol. The SMILES string of the molecule is CCc1cccc(C)c1S(=O)(=O)c1ncn(C(=O)N(C)C)n1. The summed E-state index contributed by atoms with van der Waals surface area (Å²) in [5, 5.41) is 3.45. The maximum Gasteiger partial charge on any atom is 0.345 e. The Morgan fingerprint density at radius 1 is 1.32 bits per heavy atom. The van der Waals surface area contributed by atoms with Crippen molar-refractivity contribution in [2.24, 2.45) is 0 Å². The van der Waals surface area contributed by atoms with Gasteiger partial charge in [0.25, 0.3) is 5.16 Å². The minimum atomic E-state index is -3.86. The Morgan fingerprint density at radius 3 is 2.59 bits per heavy atom. The molecule has 0 spiro atoms. The molecule has 0 N–H and O–H groups in total. The topological polar surface area (TPSA) is 85.2 Å². The maximum atomic E-state index is 12.8. The zero-order valence-electron chi connectivity index (χ0n) is 12.9. The Morgan fingerprint density at radius 2 is 2.00 bits per heavy atom. The normalized spacial score (nSPS) is 11.5. The first-order chi connectivity index (χ1) is 10.3. The van der Waals surface area contributed by atoms with Crippen molar-refractivity contribution >= 4 is 15.9 Å². The van der Waals surface area contributed by atoms with Gasteiger partial charge in [-0.25, -0.2) is 18.2 Å². The van der Waals surface area contributed by atoms with Crippen LogP contribution in [0.15, 0.2) is 34.6 Å². The van der Waals surface area contributed by atoms with Gasteiger partial charge in [-0.15, -0.1) is 5.10 Å². The number of aromatic nitrogens is 3. The third-order valence-corrected chi connectivity index (χ3v) is 5.02. The van der Waals surface area contributed by atoms with Gasteiger partial charge >= 0.3 is 6.03 Å². The highest BCUT2D eigenvalue weighted by Crippen LogP contribution is 2.25. The Balaban J connectivity index is 2.55. The number of carbonyl (C=O) groups is 1. The Labute approximate surface area is 129 Å². The van der Waals surface area contributed by atoms with E-state index in [1.807, 2.05) is 13.0 Å². The number of nitrogens with zero attached hydrogens (tertiary/aromatic N) is 4. The zero-order chi connectivity index (χ0) is 16.5. The average Bonchev–Trinajstić information content (AvgIpc) is 2.96. The summed E-state index contributed by atoms with van der Waals surface area (Å²) < 4.78 is 26.5. The number of aryl methyl sites for hydroxylation is 2. The van der Waals surface area contributed by atoms with Gasteiger partial charge in [-0.1, -0.05) is 25.1 Å². The number of carbonyl (C=O) groups excluding carboxylic acids is 1. The van der Waals surface area contributed by atoms with Crippen LogP contribution in [0.4, 0.5) is 4.79 Å². The summed E-state index contributed by atoms with van der Waals surface area (Å²) in [6.07, 6.45) is 1.69. The van der Waals surface area contributed by atoms with E-state index in [2.05, 4.69) is 10.1 Å². The zero-order valence-corrected chi connectivity index (χ0v) is 13.8. The molecule has 1 heterocycles. The van der Waals surface area contributed by atoms with E-state index in [9.17, 15) is 13.2 Å². The van der Waals surface area contributed by atoms with E-state index in [-0.39, 0.29) is 10.1 Å². The molecule has 0 aliphatic carbocycles. The number of benzene rings is 1. The molecule has 0 radical (unpaired) electrons. The van der Waals surface area contributed by atoms with Gasteiger partial charge in [0, 0.05) is 14.1 Å². The number of sulfone groups is 1. The lowest BCUT2D eigenvalue weighted by Gasteiger charge is -2.10. The van der Waals surface area contributed by atoms with Gasteiger partial charge in [0.15, 0.2) is 0 Å². The predicted octanol–water partition coefficient (Wildman–Crippen LogP) is 1.51. The van der Waals surface area contributed by atoms with Crippen LogP contribution in [-0.4, -0.2) is 48.2 Å². The fraction of sp³-hybridized carbons (Fsp3) is 0.357. The third-order valence-electron chi connectivity index (χ3n) is 3.23. The van der Waals surface area contributed by atoms with E-state index in [0.717, 1.165) is 11.0 Å². The summed E-state index contributed by atoms with van der Waals surface area (Å²) in [4.78, 5) is 17.1. The summed E-state index contributed by atoms with van der Waals surface area (Å²) >= 11 is 0. The Bertz CT molecular complexity index is 809. The summed E-state index contributed by atoms with van der Waals surface area (Å²) in [5.41, 5.74) is 1.34. The molecule has 0 saturated heterocycles. The number of rotatable bonds is 3. The molecule has 118 valence electrons. The van der Waals surface area contributed by atoms with Crippen LogP contribution >= 0.6 is 0 Å². The fourth-order valence-electron chi connectivity index (χ4n) is 2.14. The molecule has 0 aliphatic rings. The van der Waals surface area contributed by atoms with Crippen molar-refractivity contribution in [3.63, 3.8) is 0 Å². The van der Waals surface area contributed by atoms with E-state index in [1.165, 1.54) is 4.90 Å². The molecule has 0 aliphatic heterocycles. The van der Waals surface area contributed by atoms with E-state index >= 15 is 0 Å². The lowest BCUT2D eigenvalue weighted by atomic mass is 10.1. The highest BCUT2D eigenvalue weighted by atomic mass is 32.2. The van der Waals surface area contributed by atoms with Crippen LogP contribution in [-0.2, 0) is 16.3 Å². The molecule has 0 saturated carbocycles. The smallest absolute Gasteiger partial charge is 0.329 e. The highest BCUT2D eigenvalue weighted by molar-refractivity contribution is 7.91. The van der Waals surface area contributed by atoms with Crippen LogP contribution in [0, 0.1) is 6.92 Å². The molecule has 0 atom stereocenters. The van der Waals surface area contributed by atoms with Crippen molar-refractivity contribution in [2.45, 2.75) is 30.3 Å². The van der Waals surface area contributed by atoms with Gasteiger partial charge in [-0.2, -0.15) is 4.68 Å². The second-order valence-electron chi connectivity index (χ2n) is 5.07. The molecule has 8 heteroatoms. The minimum absolute atomic E-state index is 0.215. The van der Waals surface area contributed by atoms with Gasteiger partial charge in [0.2, 0.25) is 9.84 Å². The van der Waals surface area contributed by atoms with Crippen LogP contribution in [0.3, 0.4) is 0 Å². The average molecular weight is 322 g/mol. The van der Waals surface area contributed by atoms with Gasteiger partial charge in [0.1, 0.15) is 6.33 Å². The van der Waals surface area contributed by atoms with Crippen molar-refractivity contribution in [2.75, 3.05) is 14.1 Å². The Kier molecular flexibility index (Phi) is 4.32. The first-order valence-corrected chi connectivity index (χ1v) is 8.24. The lowest BCUT2D eigenvalue weighted by Crippen LogP contribution is -2.27. The molecule has 22 heavy (non-hydrogen) atoms. The van der Waals surface area contributed by atoms with Gasteiger partial charge in [0.05, 0.1) is 4.90 Å². The molecular formula is C14H18N4O3S. The molecule has 0 fully saturated rings. The van der Waals surface area contributed by atoms with Crippen LogP contribution < -0.4 is 0 Å². The van der Waals surface area contributed by atoms with Crippen LogP contribution in [0.1, 0.15) is 18.1 Å². The summed E-state index contributed by atoms with van der Waals surface area (Å²) in [7, 11) is -0.764. The lowest BCUT2D eigenvalue weighted by molar-refractivity contribution is 0.215. The monoisotopic (exact) mass is 322 g/mol. The van der Waals surface area contributed by atoms with E-state index < -0.39 is 15.9 Å². The summed E-state index contributed by atoms with van der Waals surface area (Å²) in [6.45, 7) is 3.61. The fourth-order valence-corrected chi connectivity index (χ4v) is 3.75. The predicted molar refractivity (Wildman–Crippen MR) is 80.5 cm³/mol. The third kappa shape index (κ3) is 2.74. The van der Waals surface area contributed by atoms with Gasteiger partial charge < -0.3 is 4.90 Å². The Hall–Kier alpha value is -2.22. The molecule has 7 nitrogen and oxygen atoms in total. The van der Waals surface area contributed by atoms with Crippen LogP contribution in [0.2, 0.25) is 0 Å². The quantitative estimate of drug-likeness (QED) is 0.855. The van der Waals surface area contributed by atoms with E-state index in [4.69, 9.17) is 0 Å². The molecule has 2 aromatic rings.